The summed E-state index contributed by atoms with van der Waals surface area (Å²) in [5.74, 6) is -0.174. The van der Waals surface area contributed by atoms with Gasteiger partial charge in [0, 0.05) is 0 Å². The van der Waals surface area contributed by atoms with Gasteiger partial charge >= 0.3 is 0 Å². The average Bonchev–Trinajstić information content (AvgIpc) is 3.17. The van der Waals surface area contributed by atoms with E-state index in [1.54, 1.807) is 12.1 Å². The Hall–Kier alpha value is -2.93. The largest absolute Gasteiger partial charge is 0.207 e. The molecule has 0 nitrogen and oxygen atoms in total. The van der Waals surface area contributed by atoms with Crippen LogP contribution in [0, 0.1) is 19.7 Å². The Morgan fingerprint density at radius 2 is 1.67 bits per heavy atom. The third kappa shape index (κ3) is 5.89. The second-order valence-corrected chi connectivity index (χ2v) is 10.6. The van der Waals surface area contributed by atoms with Crippen LogP contribution in [-0.2, 0) is 0 Å². The molecule has 1 aliphatic carbocycles. The van der Waals surface area contributed by atoms with Crippen molar-refractivity contribution in [3.05, 3.63) is 104 Å². The SMILES string of the molecule is C=C(C)/C(C)=C(\CCCC/C(C)=c1\ccc(F)c\c1=C\C)c1ccc(C)c(C2=C(C)CC=C2C)c1C. The second-order valence-electron chi connectivity index (χ2n) is 10.6. The molecule has 0 spiro atoms. The van der Waals surface area contributed by atoms with Gasteiger partial charge in [-0.25, -0.2) is 4.39 Å². The van der Waals surface area contributed by atoms with Gasteiger partial charge in [0.2, 0.25) is 0 Å². The number of unbranched alkanes of at least 4 members (excludes halogenated alkanes) is 1. The van der Waals surface area contributed by atoms with Gasteiger partial charge < -0.3 is 0 Å². The van der Waals surface area contributed by atoms with E-state index in [9.17, 15) is 4.39 Å². The minimum Gasteiger partial charge on any atom is -0.207 e. The van der Waals surface area contributed by atoms with Gasteiger partial charge in [-0.3, -0.25) is 0 Å². The highest BCUT2D eigenvalue weighted by atomic mass is 19.1. The van der Waals surface area contributed by atoms with Crippen molar-refractivity contribution in [1.29, 1.82) is 0 Å². The molecule has 2 aromatic rings. The molecule has 0 N–H and O–H groups in total. The summed E-state index contributed by atoms with van der Waals surface area (Å²) in [6.45, 7) is 21.8. The summed E-state index contributed by atoms with van der Waals surface area (Å²) in [4.78, 5) is 0. The maximum absolute atomic E-state index is 13.7. The van der Waals surface area contributed by atoms with E-state index in [1.165, 1.54) is 55.7 Å². The lowest BCUT2D eigenvalue weighted by atomic mass is 9.83. The minimum absolute atomic E-state index is 0.174. The zero-order chi connectivity index (χ0) is 26.6. The van der Waals surface area contributed by atoms with Crippen LogP contribution in [0.2, 0.25) is 0 Å². The quantitative estimate of drug-likeness (QED) is 0.260. The van der Waals surface area contributed by atoms with Crippen LogP contribution < -0.4 is 10.4 Å². The molecule has 0 saturated heterocycles. The van der Waals surface area contributed by atoms with Crippen LogP contribution in [0.4, 0.5) is 4.39 Å². The lowest BCUT2D eigenvalue weighted by molar-refractivity contribution is 0.626. The summed E-state index contributed by atoms with van der Waals surface area (Å²) in [6.07, 6.45) is 9.65. The molecule has 0 fully saturated rings. The van der Waals surface area contributed by atoms with E-state index >= 15 is 0 Å². The van der Waals surface area contributed by atoms with Crippen LogP contribution in [0.25, 0.3) is 22.8 Å². The molecule has 0 aromatic heterocycles. The zero-order valence-corrected chi connectivity index (χ0v) is 23.7. The standard InChI is InChI=1S/C35H43F/c1-10-29-21-30(36)18-20-31(29)23(4)13-11-12-14-32(27(8)22(2)3)33-19-17-26(7)35(28(33)9)34-24(5)15-16-25(34)6/h10,15,17-21H,2,11-14,16H2,1,3-9H3/b29-10-,31-23+,32-27+. The van der Waals surface area contributed by atoms with Crippen molar-refractivity contribution >= 4 is 22.8 Å². The van der Waals surface area contributed by atoms with Gasteiger partial charge in [-0.15, -0.1) is 0 Å². The van der Waals surface area contributed by atoms with Crippen molar-refractivity contribution in [3.63, 3.8) is 0 Å². The van der Waals surface area contributed by atoms with Crippen molar-refractivity contribution < 1.29 is 4.39 Å². The van der Waals surface area contributed by atoms with Crippen molar-refractivity contribution in [3.8, 4) is 0 Å². The summed E-state index contributed by atoms with van der Waals surface area (Å²) in [7, 11) is 0. The number of allylic oxidation sites excluding steroid dienone is 7. The Labute approximate surface area is 218 Å². The highest BCUT2D eigenvalue weighted by Crippen LogP contribution is 2.40. The van der Waals surface area contributed by atoms with Crippen molar-refractivity contribution in [1.82, 2.24) is 0 Å². The molecule has 3 rings (SSSR count). The van der Waals surface area contributed by atoms with Crippen LogP contribution in [0.3, 0.4) is 0 Å². The number of hydrogen-bond acceptors (Lipinski definition) is 0. The van der Waals surface area contributed by atoms with Crippen LogP contribution in [-0.4, -0.2) is 0 Å². The average molecular weight is 483 g/mol. The summed E-state index contributed by atoms with van der Waals surface area (Å²) in [6, 6.07) is 9.73. The number of benzene rings is 2. The zero-order valence-electron chi connectivity index (χ0n) is 23.7. The Morgan fingerprint density at radius 1 is 0.972 bits per heavy atom. The fourth-order valence-corrected chi connectivity index (χ4v) is 5.59. The highest BCUT2D eigenvalue weighted by Gasteiger charge is 2.20. The molecule has 0 unspecified atom stereocenters. The minimum atomic E-state index is -0.174. The van der Waals surface area contributed by atoms with Crippen LogP contribution in [0.15, 0.2) is 65.3 Å². The Morgan fingerprint density at radius 3 is 2.28 bits per heavy atom. The molecule has 0 aliphatic heterocycles. The molecule has 1 aliphatic rings. The summed E-state index contributed by atoms with van der Waals surface area (Å²) < 4.78 is 13.7. The molecule has 0 heterocycles. The van der Waals surface area contributed by atoms with Crippen molar-refractivity contribution in [2.45, 2.75) is 87.5 Å². The summed E-state index contributed by atoms with van der Waals surface area (Å²) >= 11 is 0. The van der Waals surface area contributed by atoms with Crippen LogP contribution >= 0.6 is 0 Å². The van der Waals surface area contributed by atoms with Crippen LogP contribution in [0.1, 0.15) is 95.9 Å². The van der Waals surface area contributed by atoms with Crippen molar-refractivity contribution in [2.24, 2.45) is 0 Å². The number of hydrogen-bond donors (Lipinski definition) is 0. The van der Waals surface area contributed by atoms with Gasteiger partial charge in [0.25, 0.3) is 0 Å². The number of rotatable bonds is 8. The molecule has 0 atom stereocenters. The molecule has 1 heteroatoms. The Bertz CT molecular complexity index is 1390. The summed E-state index contributed by atoms with van der Waals surface area (Å²) in [5.41, 5.74) is 15.0. The maximum atomic E-state index is 13.7. The lowest BCUT2D eigenvalue weighted by Crippen LogP contribution is -2.26. The van der Waals surface area contributed by atoms with E-state index in [2.05, 4.69) is 73.3 Å². The van der Waals surface area contributed by atoms with Gasteiger partial charge in [-0.1, -0.05) is 53.6 Å². The normalized spacial score (nSPS) is 15.8. The third-order valence-electron chi connectivity index (χ3n) is 7.89. The topological polar surface area (TPSA) is 0 Å². The first-order valence-corrected chi connectivity index (χ1v) is 13.3. The monoisotopic (exact) mass is 482 g/mol. The predicted octanol–water partition coefficient (Wildman–Crippen LogP) is 9.15. The third-order valence-corrected chi connectivity index (χ3v) is 7.89. The first-order valence-electron chi connectivity index (χ1n) is 13.3. The van der Waals surface area contributed by atoms with E-state index < -0.39 is 0 Å². The first-order chi connectivity index (χ1) is 17.1. The van der Waals surface area contributed by atoms with Crippen molar-refractivity contribution in [2.75, 3.05) is 0 Å². The molecular weight excluding hydrogens is 439 g/mol. The molecule has 0 bridgehead atoms. The van der Waals surface area contributed by atoms with Gasteiger partial charge in [0.1, 0.15) is 5.82 Å². The number of halogens is 1. The van der Waals surface area contributed by atoms with E-state index in [0.29, 0.717) is 0 Å². The lowest BCUT2D eigenvalue weighted by Gasteiger charge is -2.21. The Kier molecular flexibility index (Phi) is 9.12. The molecule has 0 amide bonds. The van der Waals surface area contributed by atoms with E-state index in [1.807, 2.05) is 19.1 Å². The smallest absolute Gasteiger partial charge is 0.123 e. The molecule has 190 valence electrons. The van der Waals surface area contributed by atoms with Gasteiger partial charge in [0.05, 0.1) is 0 Å². The van der Waals surface area contributed by atoms with E-state index in [-0.39, 0.29) is 5.82 Å². The fourth-order valence-electron chi connectivity index (χ4n) is 5.59. The number of aryl methyl sites for hydroxylation is 1. The molecule has 0 saturated carbocycles. The predicted molar refractivity (Wildman–Crippen MR) is 158 cm³/mol. The van der Waals surface area contributed by atoms with Gasteiger partial charge in [0.15, 0.2) is 0 Å². The maximum Gasteiger partial charge on any atom is 0.123 e. The van der Waals surface area contributed by atoms with Crippen LogP contribution in [0.5, 0.6) is 0 Å². The fraction of sp³-hybridized carbons (Fsp3) is 0.371. The highest BCUT2D eigenvalue weighted by molar-refractivity contribution is 5.89. The second kappa shape index (κ2) is 11.9. The molecule has 0 radical (unpaired) electrons. The molecular formula is C35H43F. The Balaban J connectivity index is 1.91. The molecule has 2 aromatic carbocycles. The molecule has 36 heavy (non-hydrogen) atoms. The summed E-state index contributed by atoms with van der Waals surface area (Å²) in [5, 5.41) is 2.14. The first kappa shape index (κ1) is 27.7. The van der Waals surface area contributed by atoms with E-state index in [4.69, 9.17) is 0 Å². The van der Waals surface area contributed by atoms with E-state index in [0.717, 1.165) is 48.1 Å². The van der Waals surface area contributed by atoms with Gasteiger partial charge in [-0.05, 0) is 155 Å². The van der Waals surface area contributed by atoms with Gasteiger partial charge in [-0.2, -0.15) is 0 Å².